The van der Waals surface area contributed by atoms with Gasteiger partial charge in [0.2, 0.25) is 5.91 Å². The van der Waals surface area contributed by atoms with Crippen molar-refractivity contribution >= 4 is 40.5 Å². The summed E-state index contributed by atoms with van der Waals surface area (Å²) in [5, 5.41) is 7.70. The molecule has 2 aromatic carbocycles. The van der Waals surface area contributed by atoms with Crippen LogP contribution in [0.2, 0.25) is 10.0 Å². The van der Waals surface area contributed by atoms with Crippen LogP contribution in [0.15, 0.2) is 48.6 Å². The number of rotatable bonds is 2. The van der Waals surface area contributed by atoms with Crippen molar-refractivity contribution in [3.05, 3.63) is 69.7 Å². The van der Waals surface area contributed by atoms with E-state index in [1.807, 2.05) is 30.3 Å². The number of benzene rings is 2. The fraction of sp³-hybridized carbons (Fsp3) is 0.250. The first-order valence-electron chi connectivity index (χ1n) is 8.33. The van der Waals surface area contributed by atoms with Crippen LogP contribution in [0.1, 0.15) is 36.4 Å². The number of halogens is 2. The van der Waals surface area contributed by atoms with Crippen molar-refractivity contribution in [1.29, 1.82) is 0 Å². The molecule has 0 saturated carbocycles. The van der Waals surface area contributed by atoms with Crippen molar-refractivity contribution in [3.8, 4) is 0 Å². The van der Waals surface area contributed by atoms with E-state index < -0.39 is 0 Å². The quantitative estimate of drug-likeness (QED) is 0.656. The van der Waals surface area contributed by atoms with E-state index in [1.54, 1.807) is 0 Å². The number of hydrogen-bond donors (Lipinski definition) is 2. The molecule has 128 valence electrons. The normalized spacial score (nSPS) is 23.6. The molecule has 4 rings (SSSR count). The van der Waals surface area contributed by atoms with Crippen LogP contribution in [0, 0.1) is 5.92 Å². The second-order valence-electron chi connectivity index (χ2n) is 6.60. The third-order valence-electron chi connectivity index (χ3n) is 5.00. The van der Waals surface area contributed by atoms with Gasteiger partial charge in [0.05, 0.1) is 16.1 Å². The number of allylic oxidation sites excluding steroid dienone is 2. The summed E-state index contributed by atoms with van der Waals surface area (Å²) in [6.07, 6.45) is 5.46. The zero-order valence-electron chi connectivity index (χ0n) is 13.7. The van der Waals surface area contributed by atoms with Gasteiger partial charge in [-0.05, 0) is 47.7 Å². The van der Waals surface area contributed by atoms with Crippen LogP contribution in [-0.4, -0.2) is 5.91 Å². The van der Waals surface area contributed by atoms with Gasteiger partial charge in [0.15, 0.2) is 0 Å². The Kier molecular flexibility index (Phi) is 4.22. The van der Waals surface area contributed by atoms with Crippen molar-refractivity contribution in [2.45, 2.75) is 25.3 Å². The molecule has 1 aliphatic heterocycles. The molecule has 0 radical (unpaired) electrons. The van der Waals surface area contributed by atoms with E-state index in [4.69, 9.17) is 23.2 Å². The van der Waals surface area contributed by atoms with Crippen molar-refractivity contribution in [1.82, 2.24) is 0 Å². The molecule has 0 spiro atoms. The first kappa shape index (κ1) is 16.5. The summed E-state index contributed by atoms with van der Waals surface area (Å²) in [5.74, 6) is 0.604. The van der Waals surface area contributed by atoms with E-state index in [2.05, 4.69) is 28.9 Å². The lowest BCUT2D eigenvalue weighted by atomic mass is 9.77. The minimum absolute atomic E-state index is 0.0641. The fourth-order valence-corrected chi connectivity index (χ4v) is 4.37. The first-order chi connectivity index (χ1) is 12.0. The van der Waals surface area contributed by atoms with E-state index in [-0.39, 0.29) is 11.9 Å². The lowest BCUT2D eigenvalue weighted by molar-refractivity contribution is -0.114. The van der Waals surface area contributed by atoms with Crippen LogP contribution in [0.4, 0.5) is 11.4 Å². The average molecular weight is 373 g/mol. The monoisotopic (exact) mass is 372 g/mol. The topological polar surface area (TPSA) is 41.1 Å². The third kappa shape index (κ3) is 2.92. The number of carbonyl (C=O) groups is 1. The molecule has 1 amide bonds. The highest BCUT2D eigenvalue weighted by Gasteiger charge is 2.38. The van der Waals surface area contributed by atoms with E-state index >= 15 is 0 Å². The maximum atomic E-state index is 11.3. The summed E-state index contributed by atoms with van der Waals surface area (Å²) < 4.78 is 0. The minimum Gasteiger partial charge on any atom is -0.378 e. The predicted octanol–water partition coefficient (Wildman–Crippen LogP) is 5.78. The number of fused-ring (bicyclic) bond motifs is 3. The molecule has 2 aromatic rings. The minimum atomic E-state index is -0.0641. The maximum absolute atomic E-state index is 11.3. The molecule has 3 atom stereocenters. The third-order valence-corrected chi connectivity index (χ3v) is 5.83. The van der Waals surface area contributed by atoms with Crippen LogP contribution >= 0.6 is 23.2 Å². The molecule has 2 aliphatic rings. The number of carbonyl (C=O) groups excluding carboxylic acids is 1. The van der Waals surface area contributed by atoms with Crippen LogP contribution < -0.4 is 10.6 Å². The summed E-state index contributed by atoms with van der Waals surface area (Å²) >= 11 is 12.7. The van der Waals surface area contributed by atoms with Gasteiger partial charge in [-0.1, -0.05) is 47.5 Å². The highest BCUT2D eigenvalue weighted by molar-refractivity contribution is 6.42. The molecule has 0 unspecified atom stereocenters. The molecule has 2 N–H and O–H groups in total. The van der Waals surface area contributed by atoms with Crippen LogP contribution in [0.5, 0.6) is 0 Å². The molecule has 0 saturated heterocycles. The van der Waals surface area contributed by atoms with Gasteiger partial charge in [-0.25, -0.2) is 0 Å². The predicted molar refractivity (Wildman–Crippen MR) is 104 cm³/mol. The average Bonchev–Trinajstić information content (AvgIpc) is 3.06. The summed E-state index contributed by atoms with van der Waals surface area (Å²) in [7, 11) is 0. The van der Waals surface area contributed by atoms with Crippen LogP contribution in [0.25, 0.3) is 0 Å². The lowest BCUT2D eigenvalue weighted by Crippen LogP contribution is -2.29. The Bertz CT molecular complexity index is 878. The van der Waals surface area contributed by atoms with Gasteiger partial charge in [-0.2, -0.15) is 0 Å². The maximum Gasteiger partial charge on any atom is 0.221 e. The Hall–Kier alpha value is -1.97. The molecule has 3 nitrogen and oxygen atoms in total. The molecule has 25 heavy (non-hydrogen) atoms. The largest absolute Gasteiger partial charge is 0.378 e. The summed E-state index contributed by atoms with van der Waals surface area (Å²) in [6, 6.07) is 11.9. The number of hydrogen-bond acceptors (Lipinski definition) is 2. The second kappa shape index (κ2) is 6.40. The van der Waals surface area contributed by atoms with Gasteiger partial charge in [0, 0.05) is 24.2 Å². The Balaban J connectivity index is 1.76. The van der Waals surface area contributed by atoms with E-state index in [9.17, 15) is 4.79 Å². The highest BCUT2D eigenvalue weighted by atomic mass is 35.5. The van der Waals surface area contributed by atoms with Crippen molar-refractivity contribution in [3.63, 3.8) is 0 Å². The zero-order valence-corrected chi connectivity index (χ0v) is 15.2. The Morgan fingerprint density at radius 3 is 2.84 bits per heavy atom. The first-order valence-corrected chi connectivity index (χ1v) is 9.09. The fourth-order valence-electron chi connectivity index (χ4n) is 3.94. The molecule has 0 fully saturated rings. The molecule has 5 heteroatoms. The van der Waals surface area contributed by atoms with E-state index in [1.165, 1.54) is 12.5 Å². The number of amides is 1. The molecular formula is C20H18Cl2N2O. The van der Waals surface area contributed by atoms with E-state index in [0.29, 0.717) is 21.9 Å². The molecular weight excluding hydrogens is 355 g/mol. The van der Waals surface area contributed by atoms with Crippen LogP contribution in [0.3, 0.4) is 0 Å². The number of nitrogens with one attached hydrogen (secondary N) is 2. The summed E-state index contributed by atoms with van der Waals surface area (Å²) in [4.78, 5) is 11.3. The van der Waals surface area contributed by atoms with Gasteiger partial charge >= 0.3 is 0 Å². The lowest BCUT2D eigenvalue weighted by Gasteiger charge is -2.38. The Morgan fingerprint density at radius 1 is 1.20 bits per heavy atom. The van der Waals surface area contributed by atoms with Crippen molar-refractivity contribution in [2.75, 3.05) is 10.6 Å². The van der Waals surface area contributed by atoms with Gasteiger partial charge in [-0.3, -0.25) is 4.79 Å². The van der Waals surface area contributed by atoms with Crippen molar-refractivity contribution < 1.29 is 4.79 Å². The summed E-state index contributed by atoms with van der Waals surface area (Å²) in [5.41, 5.74) is 4.14. The van der Waals surface area contributed by atoms with Crippen molar-refractivity contribution in [2.24, 2.45) is 5.92 Å². The standard InChI is InChI=1S/C20H18Cl2N2O/c1-11(25)23-12-8-9-18-16(10-12)13-4-2-5-14(13)20(24-18)15-6-3-7-17(21)19(15)22/h2-4,6-10,13-14,20,24H,5H2,1H3,(H,23,25)/t13-,14+,20-/m0/s1. The highest BCUT2D eigenvalue weighted by Crippen LogP contribution is 2.51. The van der Waals surface area contributed by atoms with Gasteiger partial charge in [-0.15, -0.1) is 0 Å². The van der Waals surface area contributed by atoms with Gasteiger partial charge in [0.1, 0.15) is 0 Å². The number of anilines is 2. The zero-order chi connectivity index (χ0) is 17.6. The SMILES string of the molecule is CC(=O)Nc1ccc2c(c1)[C@H]1C=CC[C@H]1[C@@H](c1cccc(Cl)c1Cl)N2. The van der Waals surface area contributed by atoms with Crippen LogP contribution in [-0.2, 0) is 4.79 Å². The van der Waals surface area contributed by atoms with E-state index in [0.717, 1.165) is 23.4 Å². The smallest absolute Gasteiger partial charge is 0.221 e. The molecule has 1 aliphatic carbocycles. The van der Waals surface area contributed by atoms with Gasteiger partial charge in [0.25, 0.3) is 0 Å². The Labute approximate surface area is 157 Å². The molecule has 0 bridgehead atoms. The second-order valence-corrected chi connectivity index (χ2v) is 7.39. The molecule has 0 aromatic heterocycles. The Morgan fingerprint density at radius 2 is 2.04 bits per heavy atom. The summed E-state index contributed by atoms with van der Waals surface area (Å²) in [6.45, 7) is 1.52. The van der Waals surface area contributed by atoms with Gasteiger partial charge < -0.3 is 10.6 Å². The molecule has 1 heterocycles.